The van der Waals surface area contributed by atoms with E-state index in [2.05, 4.69) is 15.9 Å². The summed E-state index contributed by atoms with van der Waals surface area (Å²) in [5.74, 6) is -0.424. The number of hydrogen-bond acceptors (Lipinski definition) is 2. The molecule has 0 N–H and O–H groups in total. The van der Waals surface area contributed by atoms with Gasteiger partial charge in [0.2, 0.25) is 10.0 Å². The summed E-state index contributed by atoms with van der Waals surface area (Å²) in [7, 11) is -3.41. The maximum Gasteiger partial charge on any atom is 0.243 e. The fourth-order valence-electron chi connectivity index (χ4n) is 1.80. The van der Waals surface area contributed by atoms with Gasteiger partial charge >= 0.3 is 0 Å². The molecule has 1 aliphatic heterocycles. The van der Waals surface area contributed by atoms with Crippen LogP contribution in [0.3, 0.4) is 0 Å². The number of hydrogen-bond donors (Lipinski definition) is 0. The molecule has 0 unspecified atom stereocenters. The lowest BCUT2D eigenvalue weighted by atomic mass is 10.2. The van der Waals surface area contributed by atoms with Crippen LogP contribution in [0.25, 0.3) is 0 Å². The van der Waals surface area contributed by atoms with Crippen molar-refractivity contribution in [2.45, 2.75) is 24.8 Å². The number of sulfonamides is 1. The zero-order valence-electron chi connectivity index (χ0n) is 8.70. The third-order valence-electron chi connectivity index (χ3n) is 2.54. The van der Waals surface area contributed by atoms with Gasteiger partial charge in [0.25, 0.3) is 0 Å². The second-order valence-corrected chi connectivity index (χ2v) is 6.47. The van der Waals surface area contributed by atoms with Crippen LogP contribution in [-0.2, 0) is 16.6 Å². The molecule has 0 aliphatic carbocycles. The Kier molecular flexibility index (Phi) is 3.07. The Labute approximate surface area is 102 Å². The van der Waals surface area contributed by atoms with Crippen molar-refractivity contribution in [3.63, 3.8) is 0 Å². The summed E-state index contributed by atoms with van der Waals surface area (Å²) >= 11 is 3.00. The van der Waals surface area contributed by atoms with Gasteiger partial charge in [-0.3, -0.25) is 0 Å². The predicted molar refractivity (Wildman–Crippen MR) is 62.0 cm³/mol. The highest BCUT2D eigenvalue weighted by molar-refractivity contribution is 9.10. The number of nitrogens with zero attached hydrogens (tertiary/aromatic N) is 1. The van der Waals surface area contributed by atoms with Crippen molar-refractivity contribution in [3.05, 3.63) is 28.0 Å². The van der Waals surface area contributed by atoms with Crippen LogP contribution in [0.15, 0.2) is 21.5 Å². The maximum atomic E-state index is 13.3. The monoisotopic (exact) mass is 307 g/mol. The molecule has 0 spiro atoms. The van der Waals surface area contributed by atoms with Crippen molar-refractivity contribution >= 4 is 26.0 Å². The lowest BCUT2D eigenvalue weighted by molar-refractivity contribution is 0.423. The van der Waals surface area contributed by atoms with Gasteiger partial charge in [0.05, 0.1) is 9.37 Å². The van der Waals surface area contributed by atoms with Gasteiger partial charge in [-0.1, -0.05) is 6.92 Å². The molecule has 0 saturated heterocycles. The van der Waals surface area contributed by atoms with E-state index in [0.717, 1.165) is 6.42 Å². The molecule has 1 heterocycles. The summed E-state index contributed by atoms with van der Waals surface area (Å²) in [6, 6.07) is 2.63. The van der Waals surface area contributed by atoms with E-state index in [1.54, 1.807) is 0 Å². The predicted octanol–water partition coefficient (Wildman–Crippen LogP) is 2.50. The van der Waals surface area contributed by atoms with Crippen LogP contribution in [0.5, 0.6) is 0 Å². The van der Waals surface area contributed by atoms with Crippen molar-refractivity contribution in [2.75, 3.05) is 6.54 Å². The SMILES string of the molecule is CCCN1Cc2cc(F)c(Br)cc2S1(=O)=O. The van der Waals surface area contributed by atoms with Crippen LogP contribution in [-0.4, -0.2) is 19.3 Å². The molecule has 6 heteroatoms. The van der Waals surface area contributed by atoms with Gasteiger partial charge in [-0.2, -0.15) is 4.31 Å². The molecule has 16 heavy (non-hydrogen) atoms. The Hall–Kier alpha value is -0.460. The minimum Gasteiger partial charge on any atom is -0.207 e. The van der Waals surface area contributed by atoms with E-state index in [-0.39, 0.29) is 15.9 Å². The summed E-state index contributed by atoms with van der Waals surface area (Å²) in [4.78, 5) is 0.217. The van der Waals surface area contributed by atoms with Gasteiger partial charge < -0.3 is 0 Å². The molecular weight excluding hydrogens is 297 g/mol. The average Bonchev–Trinajstić information content (AvgIpc) is 2.42. The molecule has 1 aromatic rings. The highest BCUT2D eigenvalue weighted by Crippen LogP contribution is 2.33. The Bertz CT molecular complexity index is 530. The second-order valence-electron chi connectivity index (χ2n) is 3.71. The van der Waals surface area contributed by atoms with Gasteiger partial charge in [0, 0.05) is 13.1 Å². The van der Waals surface area contributed by atoms with E-state index < -0.39 is 15.8 Å². The topological polar surface area (TPSA) is 37.4 Å². The normalized spacial score (nSPS) is 18.7. The van der Waals surface area contributed by atoms with Gasteiger partial charge in [0.15, 0.2) is 0 Å². The molecular formula is C10H11BrFNO2S. The number of benzene rings is 1. The van der Waals surface area contributed by atoms with E-state index in [1.807, 2.05) is 6.92 Å². The van der Waals surface area contributed by atoms with Gasteiger partial charge in [-0.25, -0.2) is 12.8 Å². The van der Waals surface area contributed by atoms with Crippen molar-refractivity contribution in [2.24, 2.45) is 0 Å². The lowest BCUT2D eigenvalue weighted by Gasteiger charge is -2.12. The largest absolute Gasteiger partial charge is 0.243 e. The number of rotatable bonds is 2. The zero-order valence-corrected chi connectivity index (χ0v) is 11.1. The smallest absolute Gasteiger partial charge is 0.207 e. The van der Waals surface area contributed by atoms with Crippen LogP contribution < -0.4 is 0 Å². The van der Waals surface area contributed by atoms with E-state index in [4.69, 9.17) is 0 Å². The summed E-state index contributed by atoms with van der Waals surface area (Å²) in [5.41, 5.74) is 0.536. The molecule has 1 aromatic carbocycles. The summed E-state index contributed by atoms with van der Waals surface area (Å²) in [6.07, 6.45) is 0.747. The molecule has 0 fully saturated rings. The first-order valence-corrected chi connectivity index (χ1v) is 7.18. The van der Waals surface area contributed by atoms with Crippen LogP contribution >= 0.6 is 15.9 Å². The molecule has 1 aliphatic rings. The number of halogens is 2. The molecule has 3 nitrogen and oxygen atoms in total. The van der Waals surface area contributed by atoms with Gasteiger partial charge in [-0.05, 0) is 40.0 Å². The second kappa shape index (κ2) is 4.09. The fourth-order valence-corrected chi connectivity index (χ4v) is 4.02. The third kappa shape index (κ3) is 1.78. The molecule has 0 atom stereocenters. The highest BCUT2D eigenvalue weighted by atomic mass is 79.9. The minimum atomic E-state index is -3.41. The maximum absolute atomic E-state index is 13.3. The quantitative estimate of drug-likeness (QED) is 0.842. The first kappa shape index (κ1) is 12.0. The molecule has 0 aromatic heterocycles. The van der Waals surface area contributed by atoms with Gasteiger partial charge in [0.1, 0.15) is 5.82 Å². The molecule has 88 valence electrons. The summed E-state index contributed by atoms with van der Waals surface area (Å²) in [5, 5.41) is 0. The lowest BCUT2D eigenvalue weighted by Crippen LogP contribution is -2.24. The van der Waals surface area contributed by atoms with Gasteiger partial charge in [-0.15, -0.1) is 0 Å². The van der Waals surface area contributed by atoms with Crippen molar-refractivity contribution in [3.8, 4) is 0 Å². The van der Waals surface area contributed by atoms with Crippen molar-refractivity contribution < 1.29 is 12.8 Å². The molecule has 2 rings (SSSR count). The molecule has 0 amide bonds. The third-order valence-corrected chi connectivity index (χ3v) is 5.08. The van der Waals surface area contributed by atoms with Crippen LogP contribution in [0.2, 0.25) is 0 Å². The Morgan fingerprint density at radius 2 is 2.19 bits per heavy atom. The molecule has 0 radical (unpaired) electrons. The number of fused-ring (bicyclic) bond motifs is 1. The first-order chi connectivity index (χ1) is 7.46. The summed E-state index contributed by atoms with van der Waals surface area (Å²) < 4.78 is 38.9. The van der Waals surface area contributed by atoms with Crippen molar-refractivity contribution in [1.29, 1.82) is 0 Å². The van der Waals surface area contributed by atoms with E-state index in [9.17, 15) is 12.8 Å². The van der Waals surface area contributed by atoms with E-state index >= 15 is 0 Å². The Morgan fingerprint density at radius 3 is 2.81 bits per heavy atom. The Morgan fingerprint density at radius 1 is 1.50 bits per heavy atom. The summed E-state index contributed by atoms with van der Waals surface area (Å²) in [6.45, 7) is 2.65. The Balaban J connectivity index is 2.53. The van der Waals surface area contributed by atoms with Crippen LogP contribution in [0.1, 0.15) is 18.9 Å². The standard InChI is InChI=1S/C10H11BrFNO2S/c1-2-3-13-6-7-4-9(12)8(11)5-10(7)16(13,14)15/h4-5H,2-3,6H2,1H3. The minimum absolute atomic E-state index is 0.188. The zero-order chi connectivity index (χ0) is 11.9. The fraction of sp³-hybridized carbons (Fsp3) is 0.400. The average molecular weight is 308 g/mol. The first-order valence-electron chi connectivity index (χ1n) is 4.95. The van der Waals surface area contributed by atoms with E-state index in [0.29, 0.717) is 12.1 Å². The molecule has 0 saturated carbocycles. The molecule has 0 bridgehead atoms. The highest BCUT2D eigenvalue weighted by Gasteiger charge is 2.34. The van der Waals surface area contributed by atoms with Crippen LogP contribution in [0, 0.1) is 5.82 Å². The van der Waals surface area contributed by atoms with Crippen LogP contribution in [0.4, 0.5) is 4.39 Å². The van der Waals surface area contributed by atoms with Crippen molar-refractivity contribution in [1.82, 2.24) is 4.31 Å². The van der Waals surface area contributed by atoms with E-state index in [1.165, 1.54) is 16.4 Å².